The van der Waals surface area contributed by atoms with E-state index < -0.39 is 16.6 Å². The van der Waals surface area contributed by atoms with Gasteiger partial charge in [0.15, 0.2) is 5.13 Å². The van der Waals surface area contributed by atoms with Crippen LogP contribution in [0.5, 0.6) is 0 Å². The number of carbonyl (C=O) groups excluding carboxylic acids is 1. The van der Waals surface area contributed by atoms with E-state index in [0.29, 0.717) is 22.0 Å². The van der Waals surface area contributed by atoms with E-state index in [0.717, 1.165) is 6.07 Å². The molecule has 8 heteroatoms. The van der Waals surface area contributed by atoms with Crippen LogP contribution in [0.2, 0.25) is 0 Å². The van der Waals surface area contributed by atoms with Gasteiger partial charge < -0.3 is 0 Å². The van der Waals surface area contributed by atoms with Crippen molar-refractivity contribution in [1.82, 2.24) is 4.98 Å². The van der Waals surface area contributed by atoms with E-state index >= 15 is 0 Å². The lowest BCUT2D eigenvalue weighted by Crippen LogP contribution is -2.11. The van der Waals surface area contributed by atoms with Crippen molar-refractivity contribution in [2.75, 3.05) is 5.32 Å². The van der Waals surface area contributed by atoms with E-state index in [4.69, 9.17) is 0 Å². The molecule has 3 aromatic rings. The first-order chi connectivity index (χ1) is 11.9. The SMILES string of the molecule is Cc1ccc(-c2csc(NC(=O)c3cccc(F)c3)n2)cc1[N+](=O)[O-]. The number of halogens is 1. The maximum absolute atomic E-state index is 13.2. The molecule has 0 aliphatic rings. The zero-order chi connectivity index (χ0) is 18.0. The van der Waals surface area contributed by atoms with Crippen molar-refractivity contribution in [3.05, 3.63) is 74.9 Å². The Labute approximate surface area is 146 Å². The van der Waals surface area contributed by atoms with Crippen LogP contribution in [0.15, 0.2) is 47.8 Å². The Morgan fingerprint density at radius 3 is 2.80 bits per heavy atom. The number of carbonyl (C=O) groups is 1. The third-order valence-corrected chi connectivity index (χ3v) is 4.27. The van der Waals surface area contributed by atoms with Crippen molar-refractivity contribution in [3.63, 3.8) is 0 Å². The van der Waals surface area contributed by atoms with Gasteiger partial charge in [0.1, 0.15) is 5.82 Å². The van der Waals surface area contributed by atoms with Gasteiger partial charge in [0.05, 0.1) is 10.6 Å². The fourth-order valence-electron chi connectivity index (χ4n) is 2.23. The number of benzene rings is 2. The van der Waals surface area contributed by atoms with E-state index in [1.807, 2.05) is 0 Å². The maximum Gasteiger partial charge on any atom is 0.272 e. The van der Waals surface area contributed by atoms with Crippen LogP contribution in [0.25, 0.3) is 11.3 Å². The number of anilines is 1. The number of aryl methyl sites for hydroxylation is 1. The number of hydrogen-bond donors (Lipinski definition) is 1. The van der Waals surface area contributed by atoms with Gasteiger partial charge in [0.25, 0.3) is 11.6 Å². The summed E-state index contributed by atoms with van der Waals surface area (Å²) in [6.45, 7) is 1.66. The molecule has 3 rings (SSSR count). The molecule has 126 valence electrons. The van der Waals surface area contributed by atoms with Gasteiger partial charge in [-0.15, -0.1) is 11.3 Å². The number of nitro groups is 1. The Bertz CT molecular complexity index is 971. The van der Waals surface area contributed by atoms with Crippen molar-refractivity contribution < 1.29 is 14.1 Å². The smallest absolute Gasteiger partial charge is 0.272 e. The number of thiazole rings is 1. The van der Waals surface area contributed by atoms with Crippen molar-refractivity contribution in [2.24, 2.45) is 0 Å². The summed E-state index contributed by atoms with van der Waals surface area (Å²) >= 11 is 1.18. The predicted octanol–water partition coefficient (Wildman–Crippen LogP) is 4.42. The lowest BCUT2D eigenvalue weighted by molar-refractivity contribution is -0.385. The van der Waals surface area contributed by atoms with Gasteiger partial charge in [0, 0.05) is 28.1 Å². The van der Waals surface area contributed by atoms with Gasteiger partial charge in [-0.3, -0.25) is 20.2 Å². The van der Waals surface area contributed by atoms with Crippen molar-refractivity contribution >= 4 is 28.1 Å². The lowest BCUT2D eigenvalue weighted by atomic mass is 10.1. The van der Waals surface area contributed by atoms with Crippen LogP contribution >= 0.6 is 11.3 Å². The fraction of sp³-hybridized carbons (Fsp3) is 0.0588. The highest BCUT2D eigenvalue weighted by Crippen LogP contribution is 2.29. The molecule has 1 aromatic heterocycles. The van der Waals surface area contributed by atoms with Crippen LogP contribution in [0.4, 0.5) is 15.2 Å². The monoisotopic (exact) mass is 357 g/mol. The third-order valence-electron chi connectivity index (χ3n) is 3.51. The second-order valence-corrected chi connectivity index (χ2v) is 6.12. The van der Waals surface area contributed by atoms with Crippen molar-refractivity contribution in [3.8, 4) is 11.3 Å². The molecule has 1 amide bonds. The summed E-state index contributed by atoms with van der Waals surface area (Å²) in [5.41, 5.74) is 1.85. The zero-order valence-electron chi connectivity index (χ0n) is 13.0. The third kappa shape index (κ3) is 3.69. The topological polar surface area (TPSA) is 85.1 Å². The van der Waals surface area contributed by atoms with E-state index in [1.54, 1.807) is 24.4 Å². The number of nitrogens with zero attached hydrogens (tertiary/aromatic N) is 2. The molecule has 0 spiro atoms. The summed E-state index contributed by atoms with van der Waals surface area (Å²) in [7, 11) is 0. The standard InChI is InChI=1S/C17H12FN3O3S/c1-10-5-6-11(8-15(10)21(23)24)14-9-25-17(19-14)20-16(22)12-3-2-4-13(18)7-12/h2-9H,1H3,(H,19,20,22). The van der Waals surface area contributed by atoms with Crippen LogP contribution in [0, 0.1) is 22.9 Å². The summed E-state index contributed by atoms with van der Waals surface area (Å²) in [5, 5.41) is 15.6. The minimum atomic E-state index is -0.501. The van der Waals surface area contributed by atoms with E-state index in [2.05, 4.69) is 10.3 Å². The minimum absolute atomic E-state index is 0.0100. The Morgan fingerprint density at radius 1 is 1.28 bits per heavy atom. The fourth-order valence-corrected chi connectivity index (χ4v) is 2.94. The first-order valence-electron chi connectivity index (χ1n) is 7.22. The first kappa shape index (κ1) is 16.7. The van der Waals surface area contributed by atoms with Gasteiger partial charge in [-0.05, 0) is 25.1 Å². The molecular weight excluding hydrogens is 345 g/mol. The van der Waals surface area contributed by atoms with Gasteiger partial charge in [-0.2, -0.15) is 0 Å². The Kier molecular flexibility index (Phi) is 4.53. The second-order valence-electron chi connectivity index (χ2n) is 5.26. The number of aromatic nitrogens is 1. The summed E-state index contributed by atoms with van der Waals surface area (Å²) in [5.74, 6) is -0.977. The molecular formula is C17H12FN3O3S. The molecule has 2 aromatic carbocycles. The van der Waals surface area contributed by atoms with Gasteiger partial charge >= 0.3 is 0 Å². The van der Waals surface area contributed by atoms with E-state index in [9.17, 15) is 19.3 Å². The summed E-state index contributed by atoms with van der Waals surface area (Å²) < 4.78 is 13.2. The molecule has 0 fully saturated rings. The Balaban J connectivity index is 1.82. The van der Waals surface area contributed by atoms with Crippen LogP contribution in [0.1, 0.15) is 15.9 Å². The van der Waals surface area contributed by atoms with Gasteiger partial charge in [0.2, 0.25) is 0 Å². The van der Waals surface area contributed by atoms with Gasteiger partial charge in [-0.1, -0.05) is 18.2 Å². The summed E-state index contributed by atoms with van der Waals surface area (Å²) in [6.07, 6.45) is 0. The van der Waals surface area contributed by atoms with E-state index in [1.165, 1.54) is 35.6 Å². The van der Waals surface area contributed by atoms with Crippen LogP contribution in [0.3, 0.4) is 0 Å². The second kappa shape index (κ2) is 6.78. The van der Waals surface area contributed by atoms with Crippen LogP contribution in [-0.2, 0) is 0 Å². The maximum atomic E-state index is 13.2. The van der Waals surface area contributed by atoms with Crippen molar-refractivity contribution in [2.45, 2.75) is 6.92 Å². The molecule has 0 aliphatic heterocycles. The molecule has 1 N–H and O–H groups in total. The molecule has 0 atom stereocenters. The Hall–Kier alpha value is -3.13. The lowest BCUT2D eigenvalue weighted by Gasteiger charge is -2.02. The first-order valence-corrected chi connectivity index (χ1v) is 8.10. The Morgan fingerprint density at radius 2 is 2.08 bits per heavy atom. The average molecular weight is 357 g/mol. The molecule has 0 aliphatic carbocycles. The number of hydrogen-bond acceptors (Lipinski definition) is 5. The average Bonchev–Trinajstić information content (AvgIpc) is 3.03. The summed E-state index contributed by atoms with van der Waals surface area (Å²) in [6, 6.07) is 10.2. The highest BCUT2D eigenvalue weighted by molar-refractivity contribution is 7.14. The molecule has 6 nitrogen and oxygen atoms in total. The molecule has 0 saturated heterocycles. The largest absolute Gasteiger partial charge is 0.298 e. The quantitative estimate of drug-likeness (QED) is 0.553. The molecule has 0 radical (unpaired) electrons. The summed E-state index contributed by atoms with van der Waals surface area (Å²) in [4.78, 5) is 27.0. The minimum Gasteiger partial charge on any atom is -0.298 e. The predicted molar refractivity (Wildman–Crippen MR) is 93.3 cm³/mol. The number of nitrogens with one attached hydrogen (secondary N) is 1. The number of nitro benzene ring substituents is 1. The van der Waals surface area contributed by atoms with Crippen molar-refractivity contribution in [1.29, 1.82) is 0 Å². The molecule has 0 unspecified atom stereocenters. The zero-order valence-corrected chi connectivity index (χ0v) is 13.8. The normalized spacial score (nSPS) is 10.5. The van der Waals surface area contributed by atoms with Crippen LogP contribution < -0.4 is 5.32 Å². The van der Waals surface area contributed by atoms with Crippen LogP contribution in [-0.4, -0.2) is 15.8 Å². The molecule has 0 bridgehead atoms. The van der Waals surface area contributed by atoms with E-state index in [-0.39, 0.29) is 11.3 Å². The highest BCUT2D eigenvalue weighted by atomic mass is 32.1. The molecule has 1 heterocycles. The number of rotatable bonds is 4. The highest BCUT2D eigenvalue weighted by Gasteiger charge is 2.15. The molecule has 25 heavy (non-hydrogen) atoms. The number of amides is 1. The molecule has 0 saturated carbocycles. The van der Waals surface area contributed by atoms with Gasteiger partial charge in [-0.25, -0.2) is 9.37 Å².